The number of piperidine rings is 1. The molecule has 0 aromatic rings. The molecule has 0 spiro atoms. The molecule has 2 unspecified atom stereocenters. The zero-order valence-electron chi connectivity index (χ0n) is 31.5. The number of aliphatic imine (C=N–C) groups is 2. The van der Waals surface area contributed by atoms with Crippen LogP contribution in [0.25, 0.3) is 0 Å². The Hall–Kier alpha value is -2.85. The molecule has 1 aliphatic carbocycles. The highest BCUT2D eigenvalue weighted by Crippen LogP contribution is 2.34. The van der Waals surface area contributed by atoms with Crippen LogP contribution in [-0.2, 0) is 9.47 Å². The second kappa shape index (κ2) is 23.5. The summed E-state index contributed by atoms with van der Waals surface area (Å²) in [6, 6.07) is 0. The molecule has 0 bridgehead atoms. The Bertz CT molecular complexity index is 1180. The fraction of sp³-hybridized carbons (Fsp3) is 0.692. The molecule has 280 valence electrons. The average molecular weight is 695 g/mol. The maximum atomic E-state index is 13.4. The van der Waals surface area contributed by atoms with Gasteiger partial charge in [0.25, 0.3) is 0 Å². The topological polar surface area (TPSA) is 92.7 Å². The van der Waals surface area contributed by atoms with Crippen molar-refractivity contribution in [2.75, 3.05) is 39.9 Å². The Balaban J connectivity index is 0.000000495. The maximum Gasteiger partial charge on any atom is 0.419 e. The first-order valence-electron chi connectivity index (χ1n) is 18.1. The van der Waals surface area contributed by atoms with E-state index in [1.54, 1.807) is 20.0 Å². The van der Waals surface area contributed by atoms with Gasteiger partial charge in [0.2, 0.25) is 0 Å². The van der Waals surface area contributed by atoms with Gasteiger partial charge in [0.05, 0.1) is 43.2 Å². The van der Waals surface area contributed by atoms with Gasteiger partial charge in [-0.1, -0.05) is 71.8 Å². The highest BCUT2D eigenvalue weighted by molar-refractivity contribution is 6.11. The van der Waals surface area contributed by atoms with Gasteiger partial charge in [-0.05, 0) is 82.8 Å². The predicted molar refractivity (Wildman–Crippen MR) is 199 cm³/mol. The van der Waals surface area contributed by atoms with Crippen LogP contribution in [0.3, 0.4) is 0 Å². The summed E-state index contributed by atoms with van der Waals surface area (Å²) in [7, 11) is 1.81. The van der Waals surface area contributed by atoms with Crippen molar-refractivity contribution in [3.63, 3.8) is 0 Å². The Kier molecular flexibility index (Phi) is 21.2. The molecule has 2 atom stereocenters. The normalized spacial score (nSPS) is 21.0. The van der Waals surface area contributed by atoms with E-state index in [1.165, 1.54) is 12.2 Å². The van der Waals surface area contributed by atoms with Crippen molar-refractivity contribution in [2.24, 2.45) is 27.6 Å². The van der Waals surface area contributed by atoms with Gasteiger partial charge in [0.15, 0.2) is 0 Å². The summed E-state index contributed by atoms with van der Waals surface area (Å²) in [5.74, 6) is 1.62. The molecule has 1 heterocycles. The number of nitrogens with two attached hydrogens (primary N) is 1. The summed E-state index contributed by atoms with van der Waals surface area (Å²) in [6.45, 7) is 20.7. The van der Waals surface area contributed by atoms with Crippen molar-refractivity contribution in [3.05, 3.63) is 59.1 Å². The summed E-state index contributed by atoms with van der Waals surface area (Å²) in [6.07, 6.45) is 9.12. The van der Waals surface area contributed by atoms with E-state index in [2.05, 4.69) is 44.2 Å². The number of likely N-dealkylation sites (tertiary alicyclic amines) is 1. The van der Waals surface area contributed by atoms with Crippen LogP contribution in [0.4, 0.5) is 13.2 Å². The molecule has 2 aliphatic rings. The van der Waals surface area contributed by atoms with Crippen LogP contribution in [0.2, 0.25) is 0 Å². The van der Waals surface area contributed by atoms with Crippen LogP contribution < -0.4 is 5.73 Å². The number of amidine groups is 1. The second-order valence-corrected chi connectivity index (χ2v) is 13.4. The molecule has 1 saturated heterocycles. The molecule has 2 fully saturated rings. The third-order valence-electron chi connectivity index (χ3n) is 8.41. The minimum absolute atomic E-state index is 0.0418. The molecule has 1 saturated carbocycles. The first-order chi connectivity index (χ1) is 23.2. The van der Waals surface area contributed by atoms with E-state index in [-0.39, 0.29) is 24.6 Å². The summed E-state index contributed by atoms with van der Waals surface area (Å²) in [5.41, 5.74) is 10.0. The molecule has 10 heteroatoms. The van der Waals surface area contributed by atoms with Crippen LogP contribution >= 0.6 is 0 Å². The molecule has 1 aliphatic heterocycles. The summed E-state index contributed by atoms with van der Waals surface area (Å²) in [5, 5.41) is 8.90. The smallest absolute Gasteiger partial charge is 0.419 e. The summed E-state index contributed by atoms with van der Waals surface area (Å²) < 4.78 is 51.6. The molecular weight excluding hydrogens is 629 g/mol. The van der Waals surface area contributed by atoms with Crippen LogP contribution in [0.15, 0.2) is 69.0 Å². The third-order valence-corrected chi connectivity index (χ3v) is 8.41. The van der Waals surface area contributed by atoms with Crippen LogP contribution in [0.1, 0.15) is 106 Å². The lowest BCUT2D eigenvalue weighted by Gasteiger charge is -2.34. The van der Waals surface area contributed by atoms with Crippen LogP contribution in [0.5, 0.6) is 0 Å². The molecule has 0 aromatic carbocycles. The minimum atomic E-state index is -4.42. The lowest BCUT2D eigenvalue weighted by Crippen LogP contribution is -2.43. The quantitative estimate of drug-likeness (QED) is 0.0553. The Morgan fingerprint density at radius 2 is 1.86 bits per heavy atom. The van der Waals surface area contributed by atoms with Gasteiger partial charge in [0, 0.05) is 31.4 Å². The number of alkyl halides is 3. The molecule has 0 aromatic heterocycles. The number of halogens is 3. The summed E-state index contributed by atoms with van der Waals surface area (Å²) in [4.78, 5) is 11.5. The van der Waals surface area contributed by atoms with Gasteiger partial charge >= 0.3 is 6.18 Å². The van der Waals surface area contributed by atoms with Crippen molar-refractivity contribution in [2.45, 2.75) is 125 Å². The van der Waals surface area contributed by atoms with Crippen molar-refractivity contribution < 1.29 is 27.8 Å². The van der Waals surface area contributed by atoms with Crippen LogP contribution in [0, 0.1) is 11.8 Å². The van der Waals surface area contributed by atoms with Gasteiger partial charge in [-0.25, -0.2) is 0 Å². The highest BCUT2D eigenvalue weighted by atomic mass is 19.4. The van der Waals surface area contributed by atoms with E-state index in [0.29, 0.717) is 31.4 Å². The Labute approximate surface area is 295 Å². The molecular formula is C39H65F3N4O3. The number of nitrogens with zero attached hydrogens (tertiary/aromatic N) is 3. The van der Waals surface area contributed by atoms with E-state index in [4.69, 9.17) is 25.3 Å². The van der Waals surface area contributed by atoms with Crippen molar-refractivity contribution in [3.8, 4) is 0 Å². The highest BCUT2D eigenvalue weighted by Gasteiger charge is 2.37. The molecule has 3 N–H and O–H groups in total. The predicted octanol–water partition coefficient (Wildman–Crippen LogP) is 9.11. The monoisotopic (exact) mass is 695 g/mol. The zero-order chi connectivity index (χ0) is 37.0. The molecule has 0 amide bonds. The first-order valence-corrected chi connectivity index (χ1v) is 18.1. The molecule has 2 rings (SSSR count). The fourth-order valence-corrected chi connectivity index (χ4v) is 6.02. The van der Waals surface area contributed by atoms with Gasteiger partial charge in [0.1, 0.15) is 11.6 Å². The Morgan fingerprint density at radius 1 is 1.18 bits per heavy atom. The second-order valence-electron chi connectivity index (χ2n) is 13.4. The molecule has 49 heavy (non-hydrogen) atoms. The van der Waals surface area contributed by atoms with Crippen molar-refractivity contribution in [1.82, 2.24) is 4.90 Å². The number of hydrogen-bond acceptors (Lipinski definition) is 6. The summed E-state index contributed by atoms with van der Waals surface area (Å²) >= 11 is 0. The van der Waals surface area contributed by atoms with Gasteiger partial charge in [-0.15, -0.1) is 0 Å². The molecule has 7 nitrogen and oxygen atoms in total. The standard InChI is InChI=1S/C20H34N4O2.C19H31F3O/c1-14(2)13-23-17-6-5-15(3)18(17)19(21)20(22-4)24-9-7-16(8-10-24)26-12-11-25;1-6-9-12-16(14-15(4)5)23-18(11-8-3)17(13-10-7-2)19(20,21)22/h15-16,25H,1,5-13,21H2,2-4H3;7,10-11,13,15-16H,6,8-9,12,14H2,1-5H3/b19-18-,22-20?,23-17?;10-7-,17-13+,18-11-. The number of hydrogen-bond donors (Lipinski definition) is 2. The van der Waals surface area contributed by atoms with Gasteiger partial charge in [-0.2, -0.15) is 13.2 Å². The minimum Gasteiger partial charge on any atom is -0.490 e. The molecule has 0 radical (unpaired) electrons. The third kappa shape index (κ3) is 16.1. The van der Waals surface area contributed by atoms with E-state index >= 15 is 0 Å². The van der Waals surface area contributed by atoms with Crippen LogP contribution in [-0.4, -0.2) is 79.8 Å². The van der Waals surface area contributed by atoms with Gasteiger partial charge < -0.3 is 25.2 Å². The number of aliphatic hydroxyl groups excluding tert-OH is 1. The fourth-order valence-electron chi connectivity index (χ4n) is 6.02. The lowest BCUT2D eigenvalue weighted by atomic mass is 10.00. The van der Waals surface area contributed by atoms with E-state index in [0.717, 1.165) is 98.9 Å². The lowest BCUT2D eigenvalue weighted by molar-refractivity contribution is -0.0959. The average Bonchev–Trinajstić information content (AvgIpc) is 3.42. The van der Waals surface area contributed by atoms with E-state index in [9.17, 15) is 13.2 Å². The number of unbranched alkanes of at least 4 members (excludes halogenated alkanes) is 1. The zero-order valence-corrected chi connectivity index (χ0v) is 31.5. The van der Waals surface area contributed by atoms with Gasteiger partial charge in [-0.3, -0.25) is 9.98 Å². The number of allylic oxidation sites excluding steroid dienone is 6. The number of ether oxygens (including phenoxy) is 2. The first kappa shape index (κ1) is 44.2. The largest absolute Gasteiger partial charge is 0.490 e. The maximum absolute atomic E-state index is 13.4. The van der Waals surface area contributed by atoms with Crippen molar-refractivity contribution >= 4 is 11.5 Å². The number of aliphatic hydroxyl groups is 1. The Morgan fingerprint density at radius 3 is 2.37 bits per heavy atom. The van der Waals surface area contributed by atoms with E-state index in [1.807, 2.05) is 13.8 Å². The number of rotatable bonds is 16. The SMILES string of the molecule is C=C(C)CN=C1CCC(C)/C1=C(/N)C(=NC)N1CCC(OCCO)CC1.C\C=C/C=C(\C(=C\CC)OC(CCCC)CC(C)C)C(F)(F)F. The van der Waals surface area contributed by atoms with Crippen molar-refractivity contribution in [1.29, 1.82) is 0 Å². The van der Waals surface area contributed by atoms with E-state index < -0.39 is 11.7 Å².